The van der Waals surface area contributed by atoms with Crippen LogP contribution in [0.3, 0.4) is 0 Å². The molecule has 0 radical (unpaired) electrons. The number of hydrogen-bond donors (Lipinski definition) is 2. The monoisotopic (exact) mass is 343 g/mol. The number of benzene rings is 1. The molecule has 0 spiro atoms. The molecule has 136 valence electrons. The molecular formula is C20H29N3O2. The normalized spacial score (nSPS) is 30.2. The second kappa shape index (κ2) is 7.75. The number of carbonyl (C=O) groups is 1. The van der Waals surface area contributed by atoms with Crippen molar-refractivity contribution in [3.8, 4) is 0 Å². The minimum atomic E-state index is 0.00562. The molecule has 1 aromatic carbocycles. The molecule has 5 heteroatoms. The quantitative estimate of drug-likeness (QED) is 0.863. The van der Waals surface area contributed by atoms with E-state index in [1.807, 2.05) is 6.07 Å². The van der Waals surface area contributed by atoms with Crippen molar-refractivity contribution in [3.05, 3.63) is 35.9 Å². The molecule has 2 heterocycles. The fourth-order valence-electron chi connectivity index (χ4n) is 4.17. The molecule has 2 aliphatic heterocycles. The molecule has 2 amide bonds. The smallest absolute Gasteiger partial charge is 0.315 e. The first-order valence-electron chi connectivity index (χ1n) is 9.70. The van der Waals surface area contributed by atoms with Crippen LogP contribution in [0.25, 0.3) is 0 Å². The van der Waals surface area contributed by atoms with E-state index < -0.39 is 0 Å². The molecule has 3 atom stereocenters. The van der Waals surface area contributed by atoms with Crippen LogP contribution >= 0.6 is 0 Å². The number of ether oxygens (including phenoxy) is 1. The van der Waals surface area contributed by atoms with E-state index in [9.17, 15) is 4.79 Å². The Morgan fingerprint density at radius 3 is 2.64 bits per heavy atom. The van der Waals surface area contributed by atoms with Gasteiger partial charge in [0.25, 0.3) is 0 Å². The van der Waals surface area contributed by atoms with Crippen molar-refractivity contribution >= 4 is 6.03 Å². The predicted molar refractivity (Wildman–Crippen MR) is 97.6 cm³/mol. The molecule has 1 aromatic rings. The average Bonchev–Trinajstić information content (AvgIpc) is 3.20. The first-order chi connectivity index (χ1) is 12.3. The Bertz CT molecular complexity index is 566. The molecule has 2 N–H and O–H groups in total. The Morgan fingerprint density at radius 1 is 1.12 bits per heavy atom. The second-order valence-electron chi connectivity index (χ2n) is 7.78. The summed E-state index contributed by atoms with van der Waals surface area (Å²) in [5.74, 6) is 1.19. The van der Waals surface area contributed by atoms with Crippen molar-refractivity contribution in [3.63, 3.8) is 0 Å². The van der Waals surface area contributed by atoms with Gasteiger partial charge in [0, 0.05) is 44.2 Å². The summed E-state index contributed by atoms with van der Waals surface area (Å²) in [6.07, 6.45) is 4.35. The lowest BCUT2D eigenvalue weighted by atomic mass is 10.0. The molecule has 3 aliphatic rings. The van der Waals surface area contributed by atoms with Crippen LogP contribution in [0.1, 0.15) is 37.2 Å². The van der Waals surface area contributed by atoms with Gasteiger partial charge in [0.1, 0.15) is 0 Å². The highest BCUT2D eigenvalue weighted by molar-refractivity contribution is 5.75. The molecule has 1 saturated carbocycles. The van der Waals surface area contributed by atoms with Gasteiger partial charge in [-0.25, -0.2) is 4.79 Å². The molecular weight excluding hydrogens is 314 g/mol. The van der Waals surface area contributed by atoms with Gasteiger partial charge in [0.15, 0.2) is 0 Å². The molecule has 0 unspecified atom stereocenters. The van der Waals surface area contributed by atoms with Crippen molar-refractivity contribution in [1.29, 1.82) is 0 Å². The first-order valence-corrected chi connectivity index (χ1v) is 9.70. The third-order valence-electron chi connectivity index (χ3n) is 5.80. The van der Waals surface area contributed by atoms with Gasteiger partial charge in [-0.15, -0.1) is 0 Å². The number of piperidine rings is 1. The summed E-state index contributed by atoms with van der Waals surface area (Å²) in [4.78, 5) is 14.8. The summed E-state index contributed by atoms with van der Waals surface area (Å²) in [6, 6.07) is 11.1. The lowest BCUT2D eigenvalue weighted by Crippen LogP contribution is -2.49. The molecule has 5 nitrogen and oxygen atoms in total. The Balaban J connectivity index is 1.15. The number of amides is 2. The Morgan fingerprint density at radius 2 is 1.92 bits per heavy atom. The molecule has 0 aromatic heterocycles. The fourth-order valence-corrected chi connectivity index (χ4v) is 4.17. The number of rotatable bonds is 5. The third kappa shape index (κ3) is 4.53. The van der Waals surface area contributed by atoms with Crippen molar-refractivity contribution in [2.24, 2.45) is 5.92 Å². The zero-order chi connectivity index (χ0) is 17.1. The number of likely N-dealkylation sites (tertiary alicyclic amines) is 1. The molecule has 2 saturated heterocycles. The van der Waals surface area contributed by atoms with Gasteiger partial charge in [0.2, 0.25) is 0 Å². The summed E-state index contributed by atoms with van der Waals surface area (Å²) < 4.78 is 5.46. The topological polar surface area (TPSA) is 53.6 Å². The van der Waals surface area contributed by atoms with Crippen LogP contribution in [0.5, 0.6) is 0 Å². The third-order valence-corrected chi connectivity index (χ3v) is 5.80. The average molecular weight is 343 g/mol. The van der Waals surface area contributed by atoms with Crippen LogP contribution in [0, 0.1) is 5.92 Å². The minimum absolute atomic E-state index is 0.00562. The van der Waals surface area contributed by atoms with E-state index in [0.29, 0.717) is 23.9 Å². The maximum Gasteiger partial charge on any atom is 0.315 e. The summed E-state index contributed by atoms with van der Waals surface area (Å²) in [5.41, 5.74) is 1.33. The van der Waals surface area contributed by atoms with Crippen LogP contribution < -0.4 is 10.6 Å². The van der Waals surface area contributed by atoms with E-state index in [1.165, 1.54) is 12.0 Å². The highest BCUT2D eigenvalue weighted by Crippen LogP contribution is 2.40. The van der Waals surface area contributed by atoms with Gasteiger partial charge in [-0.3, -0.25) is 0 Å². The van der Waals surface area contributed by atoms with E-state index in [4.69, 9.17) is 4.74 Å². The fraction of sp³-hybridized carbons (Fsp3) is 0.650. The highest BCUT2D eigenvalue weighted by Gasteiger charge is 2.39. The van der Waals surface area contributed by atoms with E-state index in [0.717, 1.165) is 52.1 Å². The Hall–Kier alpha value is -1.59. The van der Waals surface area contributed by atoms with Gasteiger partial charge in [-0.05, 0) is 37.2 Å². The standard InChI is InChI=1S/C20H29N3O2/c24-20(22-19-12-18(19)16-4-2-1-3-5-16)21-17-6-9-23(10-7-17)13-15-8-11-25-14-15/h1-5,15,17-19H,6-14H2,(H2,21,22,24)/t15-,18+,19+/m0/s1. The largest absolute Gasteiger partial charge is 0.381 e. The van der Waals surface area contributed by atoms with Crippen LogP contribution in [0.2, 0.25) is 0 Å². The van der Waals surface area contributed by atoms with E-state index in [1.54, 1.807) is 0 Å². The molecule has 0 bridgehead atoms. The van der Waals surface area contributed by atoms with Crippen molar-refractivity contribution in [2.45, 2.75) is 43.7 Å². The van der Waals surface area contributed by atoms with Crippen LogP contribution in [-0.4, -0.2) is 55.9 Å². The Labute approximate surface area is 150 Å². The van der Waals surface area contributed by atoms with E-state index in [-0.39, 0.29) is 6.03 Å². The Kier molecular flexibility index (Phi) is 5.22. The van der Waals surface area contributed by atoms with Crippen molar-refractivity contribution < 1.29 is 9.53 Å². The maximum absolute atomic E-state index is 12.2. The SMILES string of the molecule is O=C(NC1CCN(C[C@@H]2CCOC2)CC1)N[C@@H]1C[C@@H]1c1ccccc1. The van der Waals surface area contributed by atoms with Gasteiger partial charge < -0.3 is 20.3 Å². The second-order valence-corrected chi connectivity index (χ2v) is 7.78. The zero-order valence-electron chi connectivity index (χ0n) is 14.8. The van der Waals surface area contributed by atoms with E-state index in [2.05, 4.69) is 39.8 Å². The van der Waals surface area contributed by atoms with Crippen molar-refractivity contribution in [2.75, 3.05) is 32.8 Å². The summed E-state index contributed by atoms with van der Waals surface area (Å²) in [7, 11) is 0. The number of urea groups is 1. The van der Waals surface area contributed by atoms with Gasteiger partial charge in [-0.2, -0.15) is 0 Å². The van der Waals surface area contributed by atoms with Crippen LogP contribution in [0.15, 0.2) is 30.3 Å². The summed E-state index contributed by atoms with van der Waals surface area (Å²) >= 11 is 0. The molecule has 4 rings (SSSR count). The lowest BCUT2D eigenvalue weighted by molar-refractivity contribution is 0.148. The number of carbonyl (C=O) groups excluding carboxylic acids is 1. The summed E-state index contributed by atoms with van der Waals surface area (Å²) in [5, 5.41) is 6.31. The molecule has 1 aliphatic carbocycles. The van der Waals surface area contributed by atoms with Crippen LogP contribution in [0.4, 0.5) is 4.79 Å². The minimum Gasteiger partial charge on any atom is -0.381 e. The zero-order valence-corrected chi connectivity index (χ0v) is 14.8. The highest BCUT2D eigenvalue weighted by atomic mass is 16.5. The van der Waals surface area contributed by atoms with Gasteiger partial charge in [-0.1, -0.05) is 30.3 Å². The number of nitrogens with zero attached hydrogens (tertiary/aromatic N) is 1. The van der Waals surface area contributed by atoms with Gasteiger partial charge >= 0.3 is 6.03 Å². The number of nitrogens with one attached hydrogen (secondary N) is 2. The maximum atomic E-state index is 12.2. The lowest BCUT2D eigenvalue weighted by Gasteiger charge is -2.33. The van der Waals surface area contributed by atoms with Crippen LogP contribution in [-0.2, 0) is 4.74 Å². The summed E-state index contributed by atoms with van der Waals surface area (Å²) in [6.45, 7) is 5.16. The first kappa shape index (κ1) is 16.9. The molecule has 25 heavy (non-hydrogen) atoms. The van der Waals surface area contributed by atoms with Gasteiger partial charge in [0.05, 0.1) is 6.61 Å². The molecule has 3 fully saturated rings. The predicted octanol–water partition coefficient (Wildman–Crippen LogP) is 2.34. The van der Waals surface area contributed by atoms with Crippen molar-refractivity contribution in [1.82, 2.24) is 15.5 Å². The number of hydrogen-bond acceptors (Lipinski definition) is 3. The van der Waals surface area contributed by atoms with E-state index >= 15 is 0 Å².